The minimum atomic E-state index is -4.64. The molecule has 1 unspecified atom stereocenters. The van der Waals surface area contributed by atoms with Gasteiger partial charge in [-0.05, 0) is 24.6 Å². The zero-order chi connectivity index (χ0) is 13.9. The Morgan fingerprint density at radius 1 is 1.32 bits per heavy atom. The molecule has 1 aromatic rings. The fourth-order valence-electron chi connectivity index (χ4n) is 2.09. The molecule has 0 amide bonds. The number of hydrogen-bond donors (Lipinski definition) is 0. The third-order valence-corrected chi connectivity index (χ3v) is 2.89. The van der Waals surface area contributed by atoms with E-state index in [9.17, 15) is 13.2 Å². The average Bonchev–Trinajstić information content (AvgIpc) is 2.30. The molecule has 0 bridgehead atoms. The van der Waals surface area contributed by atoms with E-state index >= 15 is 0 Å². The van der Waals surface area contributed by atoms with Crippen molar-refractivity contribution in [1.82, 2.24) is 4.90 Å². The van der Waals surface area contributed by atoms with Gasteiger partial charge in [0.1, 0.15) is 5.75 Å². The molecule has 106 valence electrons. The van der Waals surface area contributed by atoms with Crippen LogP contribution in [0.3, 0.4) is 0 Å². The van der Waals surface area contributed by atoms with E-state index in [0.29, 0.717) is 13.2 Å². The van der Waals surface area contributed by atoms with Crippen LogP contribution >= 0.6 is 0 Å². The average molecular weight is 275 g/mol. The van der Waals surface area contributed by atoms with E-state index in [1.54, 1.807) is 12.1 Å². The van der Waals surface area contributed by atoms with Crippen molar-refractivity contribution in [1.29, 1.82) is 0 Å². The lowest BCUT2D eigenvalue weighted by Gasteiger charge is -2.31. The molecule has 3 nitrogen and oxygen atoms in total. The molecule has 1 heterocycles. The van der Waals surface area contributed by atoms with E-state index in [-0.39, 0.29) is 11.9 Å². The van der Waals surface area contributed by atoms with E-state index in [4.69, 9.17) is 4.74 Å². The summed E-state index contributed by atoms with van der Waals surface area (Å²) in [5.41, 5.74) is 0.962. The van der Waals surface area contributed by atoms with Gasteiger partial charge in [-0.25, -0.2) is 0 Å². The van der Waals surface area contributed by atoms with Gasteiger partial charge < -0.3 is 9.47 Å². The molecular formula is C13H16F3NO2. The van der Waals surface area contributed by atoms with Crippen LogP contribution in [0, 0.1) is 0 Å². The van der Waals surface area contributed by atoms with Crippen LogP contribution in [0.15, 0.2) is 24.3 Å². The maximum absolute atomic E-state index is 12.0. The van der Waals surface area contributed by atoms with Crippen molar-refractivity contribution >= 4 is 0 Å². The number of ether oxygens (including phenoxy) is 2. The fourth-order valence-corrected chi connectivity index (χ4v) is 2.09. The Bertz CT molecular complexity index is 405. The van der Waals surface area contributed by atoms with Gasteiger partial charge in [0, 0.05) is 19.6 Å². The first-order valence-corrected chi connectivity index (χ1v) is 6.11. The molecule has 1 saturated heterocycles. The first-order valence-electron chi connectivity index (χ1n) is 6.11. The monoisotopic (exact) mass is 275 g/mol. The molecule has 0 aliphatic carbocycles. The Morgan fingerprint density at radius 2 is 2.00 bits per heavy atom. The predicted molar refractivity (Wildman–Crippen MR) is 63.8 cm³/mol. The van der Waals surface area contributed by atoms with E-state index in [2.05, 4.69) is 9.64 Å². The second-order valence-electron chi connectivity index (χ2n) is 4.61. The third-order valence-electron chi connectivity index (χ3n) is 2.89. The van der Waals surface area contributed by atoms with Crippen LogP contribution in [0.2, 0.25) is 0 Å². The Labute approximate surface area is 109 Å². The van der Waals surface area contributed by atoms with Gasteiger partial charge in [-0.2, -0.15) is 0 Å². The van der Waals surface area contributed by atoms with Crippen LogP contribution in [0.25, 0.3) is 0 Å². The second kappa shape index (κ2) is 5.79. The minimum absolute atomic E-state index is 0.188. The lowest BCUT2D eigenvalue weighted by atomic mass is 10.2. The molecule has 0 radical (unpaired) electrons. The molecule has 0 aromatic heterocycles. The van der Waals surface area contributed by atoms with Crippen molar-refractivity contribution in [2.75, 3.05) is 19.7 Å². The molecule has 0 spiro atoms. The fraction of sp³-hybridized carbons (Fsp3) is 0.538. The number of rotatable bonds is 3. The van der Waals surface area contributed by atoms with Crippen molar-refractivity contribution < 1.29 is 22.6 Å². The van der Waals surface area contributed by atoms with Gasteiger partial charge in [-0.1, -0.05) is 12.1 Å². The second-order valence-corrected chi connectivity index (χ2v) is 4.61. The summed E-state index contributed by atoms with van der Waals surface area (Å²) in [6, 6.07) is 5.99. The molecule has 1 aliphatic heterocycles. The molecule has 19 heavy (non-hydrogen) atoms. The lowest BCUT2D eigenvalue weighted by molar-refractivity contribution is -0.274. The van der Waals surface area contributed by atoms with E-state index in [0.717, 1.165) is 18.7 Å². The molecular weight excluding hydrogens is 259 g/mol. The van der Waals surface area contributed by atoms with Crippen LogP contribution < -0.4 is 4.74 Å². The summed E-state index contributed by atoms with van der Waals surface area (Å²) in [7, 11) is 0. The molecule has 1 atom stereocenters. The minimum Gasteiger partial charge on any atom is -0.406 e. The Hall–Kier alpha value is -1.27. The summed E-state index contributed by atoms with van der Waals surface area (Å²) >= 11 is 0. The smallest absolute Gasteiger partial charge is 0.406 e. The number of nitrogens with zero attached hydrogens (tertiary/aromatic N) is 1. The van der Waals surface area contributed by atoms with Crippen LogP contribution in [-0.2, 0) is 11.3 Å². The van der Waals surface area contributed by atoms with Crippen molar-refractivity contribution in [3.63, 3.8) is 0 Å². The zero-order valence-corrected chi connectivity index (χ0v) is 10.6. The van der Waals surface area contributed by atoms with Crippen LogP contribution in [-0.4, -0.2) is 37.1 Å². The molecule has 1 fully saturated rings. The van der Waals surface area contributed by atoms with Gasteiger partial charge in [-0.15, -0.1) is 13.2 Å². The summed E-state index contributed by atoms with van der Waals surface area (Å²) in [5.74, 6) is -0.188. The highest BCUT2D eigenvalue weighted by atomic mass is 19.4. The summed E-state index contributed by atoms with van der Waals surface area (Å²) in [6.07, 6.45) is -4.44. The van der Waals surface area contributed by atoms with E-state index in [1.165, 1.54) is 12.1 Å². The Morgan fingerprint density at radius 3 is 2.58 bits per heavy atom. The number of morpholine rings is 1. The number of benzene rings is 1. The Balaban J connectivity index is 1.91. The van der Waals surface area contributed by atoms with E-state index < -0.39 is 6.36 Å². The van der Waals surface area contributed by atoms with Gasteiger partial charge in [0.25, 0.3) is 0 Å². The summed E-state index contributed by atoms with van der Waals surface area (Å²) in [5, 5.41) is 0. The largest absolute Gasteiger partial charge is 0.573 e. The van der Waals surface area contributed by atoms with Gasteiger partial charge in [0.05, 0.1) is 12.7 Å². The van der Waals surface area contributed by atoms with Crippen LogP contribution in [0.5, 0.6) is 5.75 Å². The lowest BCUT2D eigenvalue weighted by Crippen LogP contribution is -2.40. The number of hydrogen-bond acceptors (Lipinski definition) is 3. The molecule has 1 aromatic carbocycles. The number of alkyl halides is 3. The first kappa shape index (κ1) is 14.1. The van der Waals surface area contributed by atoms with E-state index in [1.807, 2.05) is 6.92 Å². The summed E-state index contributed by atoms with van der Waals surface area (Å²) < 4.78 is 45.3. The third kappa shape index (κ3) is 4.72. The summed E-state index contributed by atoms with van der Waals surface area (Å²) in [6.45, 7) is 5.08. The molecule has 6 heteroatoms. The molecule has 0 saturated carbocycles. The highest BCUT2D eigenvalue weighted by Gasteiger charge is 2.30. The summed E-state index contributed by atoms with van der Waals surface area (Å²) in [4.78, 5) is 2.22. The van der Waals surface area contributed by atoms with Gasteiger partial charge in [-0.3, -0.25) is 4.90 Å². The van der Waals surface area contributed by atoms with Crippen molar-refractivity contribution in [3.8, 4) is 5.75 Å². The number of halogens is 3. The Kier molecular flexibility index (Phi) is 4.31. The standard InChI is InChI=1S/C13H16F3NO2/c1-10-8-17(6-7-18-10)9-11-2-4-12(5-3-11)19-13(14,15)16/h2-5,10H,6-9H2,1H3. The molecule has 2 rings (SSSR count). The highest BCUT2D eigenvalue weighted by molar-refractivity contribution is 5.27. The normalized spacial score (nSPS) is 21.4. The topological polar surface area (TPSA) is 21.7 Å². The maximum Gasteiger partial charge on any atom is 0.573 e. The predicted octanol–water partition coefficient (Wildman–Crippen LogP) is 2.81. The van der Waals surface area contributed by atoms with Crippen molar-refractivity contribution in [2.24, 2.45) is 0 Å². The maximum atomic E-state index is 12.0. The van der Waals surface area contributed by atoms with Crippen LogP contribution in [0.1, 0.15) is 12.5 Å². The van der Waals surface area contributed by atoms with Gasteiger partial charge in [0.15, 0.2) is 0 Å². The highest BCUT2D eigenvalue weighted by Crippen LogP contribution is 2.23. The van der Waals surface area contributed by atoms with Gasteiger partial charge >= 0.3 is 6.36 Å². The van der Waals surface area contributed by atoms with Gasteiger partial charge in [0.2, 0.25) is 0 Å². The van der Waals surface area contributed by atoms with Crippen LogP contribution in [0.4, 0.5) is 13.2 Å². The van der Waals surface area contributed by atoms with Crippen molar-refractivity contribution in [2.45, 2.75) is 25.9 Å². The quantitative estimate of drug-likeness (QED) is 0.846. The first-order chi connectivity index (χ1) is 8.92. The zero-order valence-electron chi connectivity index (χ0n) is 10.6. The SMILES string of the molecule is CC1CN(Cc2ccc(OC(F)(F)F)cc2)CCO1. The molecule has 0 N–H and O–H groups in total. The van der Waals surface area contributed by atoms with Crippen molar-refractivity contribution in [3.05, 3.63) is 29.8 Å². The molecule has 1 aliphatic rings.